The summed E-state index contributed by atoms with van der Waals surface area (Å²) in [6.45, 7) is 9.19. The van der Waals surface area contributed by atoms with Crippen molar-refractivity contribution in [2.24, 2.45) is 17.8 Å². The molecule has 0 unspecified atom stereocenters. The minimum atomic E-state index is 0.857. The van der Waals surface area contributed by atoms with E-state index in [0.29, 0.717) is 0 Å². The summed E-state index contributed by atoms with van der Waals surface area (Å²) in [6, 6.07) is 34.7. The third-order valence-corrected chi connectivity index (χ3v) is 7.78. The fraction of sp³-hybridized carbons (Fsp3) is 0.371. The Morgan fingerprint density at radius 2 is 1.40 bits per heavy atom. The summed E-state index contributed by atoms with van der Waals surface area (Å²) in [4.78, 5) is 0. The Kier molecular flexibility index (Phi) is 8.80. The maximum Gasteiger partial charge on any atom is -0.0128 e. The molecule has 4 aromatic carbocycles. The van der Waals surface area contributed by atoms with Crippen LogP contribution in [0.15, 0.2) is 97.1 Å². The number of fused-ring (bicyclic) bond motifs is 2. The van der Waals surface area contributed by atoms with Gasteiger partial charge in [0.1, 0.15) is 0 Å². The van der Waals surface area contributed by atoms with Crippen molar-refractivity contribution in [2.45, 2.75) is 65.7 Å². The molecule has 0 heterocycles. The topological polar surface area (TPSA) is 0 Å². The number of aryl methyl sites for hydroxylation is 2. The Labute approximate surface area is 213 Å². The lowest BCUT2D eigenvalue weighted by atomic mass is 9.85. The van der Waals surface area contributed by atoms with Gasteiger partial charge in [0.2, 0.25) is 0 Å². The van der Waals surface area contributed by atoms with Crippen LogP contribution in [-0.4, -0.2) is 0 Å². The van der Waals surface area contributed by atoms with E-state index >= 15 is 0 Å². The van der Waals surface area contributed by atoms with Gasteiger partial charge in [-0.2, -0.15) is 0 Å². The predicted molar refractivity (Wildman–Crippen MR) is 153 cm³/mol. The minimum Gasteiger partial charge on any atom is -0.0625 e. The first-order chi connectivity index (χ1) is 17.1. The highest BCUT2D eigenvalue weighted by molar-refractivity contribution is 5.85. The van der Waals surface area contributed by atoms with Gasteiger partial charge in [0, 0.05) is 0 Å². The van der Waals surface area contributed by atoms with Crippen LogP contribution in [-0.2, 0) is 19.3 Å². The zero-order valence-corrected chi connectivity index (χ0v) is 22.1. The van der Waals surface area contributed by atoms with Crippen LogP contribution in [0, 0.1) is 17.8 Å². The van der Waals surface area contributed by atoms with Crippen LogP contribution in [0.3, 0.4) is 0 Å². The van der Waals surface area contributed by atoms with Crippen LogP contribution in [0.25, 0.3) is 10.8 Å². The molecule has 6 rings (SSSR count). The third kappa shape index (κ3) is 6.85. The molecule has 0 saturated heterocycles. The van der Waals surface area contributed by atoms with Crippen molar-refractivity contribution in [2.75, 3.05) is 0 Å². The molecule has 4 aromatic rings. The SMILES string of the molecule is CC(C)[C@@H]1C[C@H]1c1ccccc1.CCc1cccc2ccccc12.C[C@H]1CCc2ccccc2C1. The largest absolute Gasteiger partial charge is 0.0625 e. The maximum atomic E-state index is 2.34. The molecular formula is C35H42. The first kappa shape index (κ1) is 25.2. The van der Waals surface area contributed by atoms with Crippen molar-refractivity contribution in [3.63, 3.8) is 0 Å². The first-order valence-corrected chi connectivity index (χ1v) is 13.6. The summed E-state index contributed by atoms with van der Waals surface area (Å²) in [5.74, 6) is 3.57. The van der Waals surface area contributed by atoms with Crippen molar-refractivity contribution in [3.05, 3.63) is 119 Å². The van der Waals surface area contributed by atoms with E-state index in [1.807, 2.05) is 0 Å². The monoisotopic (exact) mass is 462 g/mol. The molecule has 0 bridgehead atoms. The molecule has 2 aliphatic carbocycles. The lowest BCUT2D eigenvalue weighted by Crippen LogP contribution is -2.10. The predicted octanol–water partition coefficient (Wildman–Crippen LogP) is 9.66. The van der Waals surface area contributed by atoms with Gasteiger partial charge in [0.05, 0.1) is 0 Å². The lowest BCUT2D eigenvalue weighted by molar-refractivity contribution is 0.501. The van der Waals surface area contributed by atoms with Crippen LogP contribution in [0.5, 0.6) is 0 Å². The summed E-state index contributed by atoms with van der Waals surface area (Å²) in [5, 5.41) is 2.74. The molecule has 0 nitrogen and oxygen atoms in total. The third-order valence-electron chi connectivity index (χ3n) is 7.78. The zero-order chi connectivity index (χ0) is 24.6. The molecule has 2 aliphatic rings. The van der Waals surface area contributed by atoms with Crippen molar-refractivity contribution in [1.82, 2.24) is 0 Å². The molecule has 0 radical (unpaired) electrons. The molecule has 0 aliphatic heterocycles. The minimum absolute atomic E-state index is 0.857. The van der Waals surface area contributed by atoms with E-state index < -0.39 is 0 Å². The van der Waals surface area contributed by atoms with Crippen LogP contribution >= 0.6 is 0 Å². The summed E-state index contributed by atoms with van der Waals surface area (Å²) < 4.78 is 0. The number of rotatable bonds is 3. The zero-order valence-electron chi connectivity index (χ0n) is 22.1. The molecule has 3 atom stereocenters. The molecule has 1 fully saturated rings. The van der Waals surface area contributed by atoms with Crippen LogP contribution in [0.2, 0.25) is 0 Å². The molecule has 0 N–H and O–H groups in total. The highest BCUT2D eigenvalue weighted by Crippen LogP contribution is 2.51. The van der Waals surface area contributed by atoms with E-state index in [4.69, 9.17) is 0 Å². The number of hydrogen-bond donors (Lipinski definition) is 0. The van der Waals surface area contributed by atoms with Crippen LogP contribution in [0.1, 0.15) is 68.7 Å². The van der Waals surface area contributed by atoms with E-state index in [-0.39, 0.29) is 0 Å². The molecule has 182 valence electrons. The Balaban J connectivity index is 0.000000124. The van der Waals surface area contributed by atoms with Gasteiger partial charge < -0.3 is 0 Å². The van der Waals surface area contributed by atoms with Gasteiger partial charge in [-0.15, -0.1) is 0 Å². The molecular weight excluding hydrogens is 420 g/mol. The molecule has 1 saturated carbocycles. The molecule has 0 amide bonds. The molecule has 0 aromatic heterocycles. The number of benzene rings is 4. The Hall–Kier alpha value is -2.86. The van der Waals surface area contributed by atoms with Gasteiger partial charge in [-0.05, 0) is 88.8 Å². The van der Waals surface area contributed by atoms with Crippen molar-refractivity contribution in [1.29, 1.82) is 0 Å². The fourth-order valence-corrected chi connectivity index (χ4v) is 5.52. The fourth-order valence-electron chi connectivity index (χ4n) is 5.52. The second-order valence-electron chi connectivity index (χ2n) is 10.8. The van der Waals surface area contributed by atoms with Crippen molar-refractivity contribution >= 4 is 10.8 Å². The van der Waals surface area contributed by atoms with Gasteiger partial charge in [-0.25, -0.2) is 0 Å². The van der Waals surface area contributed by atoms with Gasteiger partial charge in [0.25, 0.3) is 0 Å². The lowest BCUT2D eigenvalue weighted by Gasteiger charge is -2.20. The normalized spacial score (nSPS) is 20.2. The van der Waals surface area contributed by atoms with E-state index in [9.17, 15) is 0 Å². The van der Waals surface area contributed by atoms with E-state index in [0.717, 1.165) is 30.1 Å². The van der Waals surface area contributed by atoms with E-state index in [1.165, 1.54) is 47.6 Å². The Morgan fingerprint density at radius 3 is 2.11 bits per heavy atom. The summed E-state index contributed by atoms with van der Waals surface area (Å²) in [7, 11) is 0. The van der Waals surface area contributed by atoms with Gasteiger partial charge in [-0.1, -0.05) is 125 Å². The first-order valence-electron chi connectivity index (χ1n) is 13.6. The molecule has 0 spiro atoms. The summed E-state index contributed by atoms with van der Waals surface area (Å²) in [6.07, 6.45) is 6.47. The van der Waals surface area contributed by atoms with Crippen molar-refractivity contribution < 1.29 is 0 Å². The highest BCUT2D eigenvalue weighted by atomic mass is 14.4. The quantitative estimate of drug-likeness (QED) is 0.284. The molecule has 35 heavy (non-hydrogen) atoms. The summed E-state index contributed by atoms with van der Waals surface area (Å²) >= 11 is 0. The van der Waals surface area contributed by atoms with Gasteiger partial charge in [0.15, 0.2) is 0 Å². The van der Waals surface area contributed by atoms with Crippen LogP contribution < -0.4 is 0 Å². The standard InChI is InChI=1S/C12H16.C12H12.C11H14/c1-9(2)11-8-12(11)10-6-4-3-5-7-10;1-2-10-7-5-8-11-6-3-4-9-12(10)11;1-9-6-7-10-4-2-3-5-11(10)8-9/h3-7,9,11-12H,8H2,1-2H3;3-9H,2H2,1H3;2-5,9H,6-8H2,1H3/t11-,12-;;9-/m0.0/s1. The number of hydrogen-bond acceptors (Lipinski definition) is 0. The average molecular weight is 463 g/mol. The Bertz CT molecular complexity index is 1180. The summed E-state index contributed by atoms with van der Waals surface area (Å²) in [5.41, 5.74) is 6.13. The maximum absolute atomic E-state index is 2.34. The average Bonchev–Trinajstić information content (AvgIpc) is 3.71. The Morgan fingerprint density at radius 1 is 0.743 bits per heavy atom. The highest BCUT2D eigenvalue weighted by Gasteiger charge is 2.39. The van der Waals surface area contributed by atoms with Gasteiger partial charge >= 0.3 is 0 Å². The smallest absolute Gasteiger partial charge is 0.0128 e. The van der Waals surface area contributed by atoms with Crippen LogP contribution in [0.4, 0.5) is 0 Å². The van der Waals surface area contributed by atoms with Crippen molar-refractivity contribution in [3.8, 4) is 0 Å². The molecule has 0 heteroatoms. The van der Waals surface area contributed by atoms with E-state index in [2.05, 4.69) is 125 Å². The second kappa shape index (κ2) is 12.2. The second-order valence-corrected chi connectivity index (χ2v) is 10.8. The van der Waals surface area contributed by atoms with Gasteiger partial charge in [-0.3, -0.25) is 0 Å². The van der Waals surface area contributed by atoms with E-state index in [1.54, 1.807) is 11.1 Å².